The Morgan fingerprint density at radius 2 is 2.27 bits per heavy atom. The van der Waals surface area contributed by atoms with Crippen LogP contribution in [0.2, 0.25) is 0 Å². The predicted octanol–water partition coefficient (Wildman–Crippen LogP) is 0.443. The summed E-state index contributed by atoms with van der Waals surface area (Å²) in [5, 5.41) is 7.28. The van der Waals surface area contributed by atoms with Gasteiger partial charge in [-0.3, -0.25) is 4.79 Å². The lowest BCUT2D eigenvalue weighted by Crippen LogP contribution is -2.30. The van der Waals surface area contributed by atoms with E-state index in [0.29, 0.717) is 13.0 Å². The molecule has 0 radical (unpaired) electrons. The van der Waals surface area contributed by atoms with E-state index in [1.165, 1.54) is 6.92 Å². The third-order valence-corrected chi connectivity index (χ3v) is 4.72. The molecule has 2 atom stereocenters. The minimum atomic E-state index is -3.53. The van der Waals surface area contributed by atoms with Crippen molar-refractivity contribution in [3.05, 3.63) is 0 Å². The highest BCUT2D eigenvalue weighted by atomic mass is 32.2. The third-order valence-electron chi connectivity index (χ3n) is 2.63. The number of carboxylic acid groups (broad SMARTS) is 1. The van der Waals surface area contributed by atoms with Gasteiger partial charge in [0.25, 0.3) is 0 Å². The fourth-order valence-electron chi connectivity index (χ4n) is 1.50. The Bertz CT molecular complexity index is 315. The fourth-order valence-corrected chi connectivity index (χ4v) is 2.75. The molecule has 0 aromatic rings. The number of ether oxygens (including phenoxy) is 1. The van der Waals surface area contributed by atoms with Gasteiger partial charge in [-0.15, -0.1) is 0 Å². The van der Waals surface area contributed by atoms with Crippen LogP contribution in [0, 0.1) is 0 Å². The van der Waals surface area contributed by atoms with Crippen molar-refractivity contribution < 1.29 is 23.1 Å². The molecule has 5 nitrogen and oxygen atoms in total. The monoisotopic (exact) mass is 236 g/mol. The Labute approximate surface area is 89.3 Å². The number of rotatable bonds is 5. The van der Waals surface area contributed by atoms with Gasteiger partial charge < -0.3 is 9.84 Å². The molecule has 1 rings (SSSR count). The van der Waals surface area contributed by atoms with E-state index < -0.39 is 21.1 Å². The molecule has 1 heterocycles. The Morgan fingerprint density at radius 1 is 1.60 bits per heavy atom. The van der Waals surface area contributed by atoms with Crippen molar-refractivity contribution in [1.82, 2.24) is 0 Å². The van der Waals surface area contributed by atoms with Gasteiger partial charge in [-0.25, -0.2) is 8.42 Å². The van der Waals surface area contributed by atoms with Crippen LogP contribution in [-0.2, 0) is 19.4 Å². The maximum atomic E-state index is 11.5. The van der Waals surface area contributed by atoms with Crippen molar-refractivity contribution in [3.8, 4) is 0 Å². The van der Waals surface area contributed by atoms with Crippen molar-refractivity contribution in [3.63, 3.8) is 0 Å². The second-order valence-electron chi connectivity index (χ2n) is 3.77. The first-order valence-electron chi connectivity index (χ1n) is 4.99. The predicted molar refractivity (Wildman–Crippen MR) is 54.5 cm³/mol. The smallest absolute Gasteiger partial charge is 0.321 e. The number of carboxylic acids is 1. The number of hydrogen-bond donors (Lipinski definition) is 1. The topological polar surface area (TPSA) is 80.7 Å². The van der Waals surface area contributed by atoms with E-state index in [-0.39, 0.29) is 11.9 Å². The van der Waals surface area contributed by atoms with E-state index in [4.69, 9.17) is 9.84 Å². The van der Waals surface area contributed by atoms with E-state index in [9.17, 15) is 13.2 Å². The highest BCUT2D eigenvalue weighted by Crippen LogP contribution is 2.17. The zero-order chi connectivity index (χ0) is 11.5. The van der Waals surface area contributed by atoms with Gasteiger partial charge in [0.2, 0.25) is 0 Å². The van der Waals surface area contributed by atoms with Crippen LogP contribution in [0.25, 0.3) is 0 Å². The summed E-state index contributed by atoms with van der Waals surface area (Å²) in [6.45, 7) is 1.88. The second-order valence-corrected chi connectivity index (χ2v) is 6.21. The van der Waals surface area contributed by atoms with Gasteiger partial charge in [-0.05, 0) is 26.2 Å². The number of hydrogen-bond acceptors (Lipinski definition) is 4. The lowest BCUT2D eigenvalue weighted by molar-refractivity contribution is -0.136. The van der Waals surface area contributed by atoms with E-state index in [1.54, 1.807) is 0 Å². The Kier molecular flexibility index (Phi) is 4.10. The average Bonchev–Trinajstić information content (AvgIpc) is 2.66. The summed E-state index contributed by atoms with van der Waals surface area (Å²) in [6.07, 6.45) is 2.22. The first-order chi connectivity index (χ1) is 6.93. The van der Waals surface area contributed by atoms with Crippen LogP contribution in [0.4, 0.5) is 0 Å². The number of carbonyl (C=O) groups is 1. The highest BCUT2D eigenvalue weighted by molar-refractivity contribution is 7.92. The fraction of sp³-hybridized carbons (Fsp3) is 0.889. The van der Waals surface area contributed by atoms with Crippen molar-refractivity contribution in [1.29, 1.82) is 0 Å². The van der Waals surface area contributed by atoms with Crippen molar-refractivity contribution in [2.45, 2.75) is 37.5 Å². The summed E-state index contributed by atoms with van der Waals surface area (Å²) in [7, 11) is -3.53. The molecule has 88 valence electrons. The Hall–Kier alpha value is -0.620. The minimum absolute atomic E-state index is 0.0132. The molecule has 1 saturated heterocycles. The molecule has 1 N–H and O–H groups in total. The minimum Gasteiger partial charge on any atom is -0.480 e. The SMILES string of the molecule is CC(C(=O)O)S(=O)(=O)CCC1CCCO1. The molecule has 0 amide bonds. The zero-order valence-corrected chi connectivity index (χ0v) is 9.50. The molecule has 1 aliphatic heterocycles. The Morgan fingerprint density at radius 3 is 2.73 bits per heavy atom. The van der Waals surface area contributed by atoms with Gasteiger partial charge in [-0.2, -0.15) is 0 Å². The van der Waals surface area contributed by atoms with Gasteiger partial charge >= 0.3 is 5.97 Å². The lowest BCUT2D eigenvalue weighted by atomic mass is 10.2. The first-order valence-corrected chi connectivity index (χ1v) is 6.71. The normalized spacial score (nSPS) is 23.9. The van der Waals surface area contributed by atoms with E-state index in [1.807, 2.05) is 0 Å². The molecule has 6 heteroatoms. The van der Waals surface area contributed by atoms with Crippen LogP contribution in [0.15, 0.2) is 0 Å². The molecule has 0 aliphatic carbocycles. The molecule has 1 fully saturated rings. The van der Waals surface area contributed by atoms with Crippen LogP contribution in [0.5, 0.6) is 0 Å². The van der Waals surface area contributed by atoms with Crippen LogP contribution in [-0.4, -0.2) is 43.2 Å². The largest absolute Gasteiger partial charge is 0.480 e. The standard InChI is InChI=1S/C9H16O5S/c1-7(9(10)11)15(12,13)6-4-8-3-2-5-14-8/h7-8H,2-6H2,1H3,(H,10,11). The van der Waals surface area contributed by atoms with Crippen molar-refractivity contribution in [2.24, 2.45) is 0 Å². The van der Waals surface area contributed by atoms with Gasteiger partial charge in [-0.1, -0.05) is 0 Å². The van der Waals surface area contributed by atoms with Crippen molar-refractivity contribution in [2.75, 3.05) is 12.4 Å². The summed E-state index contributed by atoms with van der Waals surface area (Å²) in [5.74, 6) is -1.40. The summed E-state index contributed by atoms with van der Waals surface area (Å²) in [6, 6.07) is 0. The highest BCUT2D eigenvalue weighted by Gasteiger charge is 2.28. The molecular formula is C9H16O5S. The molecule has 0 saturated carbocycles. The van der Waals surface area contributed by atoms with E-state index in [2.05, 4.69) is 0 Å². The van der Waals surface area contributed by atoms with Gasteiger partial charge in [0.1, 0.15) is 0 Å². The molecule has 0 aromatic heterocycles. The molecule has 15 heavy (non-hydrogen) atoms. The van der Waals surface area contributed by atoms with Crippen molar-refractivity contribution >= 4 is 15.8 Å². The third kappa shape index (κ3) is 3.46. The number of sulfone groups is 1. The molecule has 0 aromatic carbocycles. The average molecular weight is 236 g/mol. The molecule has 0 spiro atoms. The molecule has 0 bridgehead atoms. The van der Waals surface area contributed by atoms with Crippen LogP contribution >= 0.6 is 0 Å². The molecular weight excluding hydrogens is 220 g/mol. The Balaban J connectivity index is 2.45. The van der Waals surface area contributed by atoms with Crippen LogP contribution < -0.4 is 0 Å². The summed E-state index contributed by atoms with van der Waals surface area (Å²) >= 11 is 0. The van der Waals surface area contributed by atoms with Gasteiger partial charge in [0.15, 0.2) is 15.1 Å². The van der Waals surface area contributed by atoms with Crippen LogP contribution in [0.1, 0.15) is 26.2 Å². The van der Waals surface area contributed by atoms with Crippen LogP contribution in [0.3, 0.4) is 0 Å². The second kappa shape index (κ2) is 4.94. The molecule has 1 aliphatic rings. The van der Waals surface area contributed by atoms with E-state index in [0.717, 1.165) is 12.8 Å². The maximum Gasteiger partial charge on any atom is 0.321 e. The van der Waals surface area contributed by atoms with Gasteiger partial charge in [0, 0.05) is 6.61 Å². The summed E-state index contributed by atoms with van der Waals surface area (Å²) in [5.41, 5.74) is 0. The number of aliphatic carboxylic acids is 1. The summed E-state index contributed by atoms with van der Waals surface area (Å²) < 4.78 is 28.3. The van der Waals surface area contributed by atoms with Gasteiger partial charge in [0.05, 0.1) is 11.9 Å². The van der Waals surface area contributed by atoms with E-state index >= 15 is 0 Å². The maximum absolute atomic E-state index is 11.5. The first kappa shape index (κ1) is 12.4. The zero-order valence-electron chi connectivity index (χ0n) is 8.68. The lowest BCUT2D eigenvalue weighted by Gasteiger charge is -2.11. The summed E-state index contributed by atoms with van der Waals surface area (Å²) in [4.78, 5) is 10.5. The quantitative estimate of drug-likeness (QED) is 0.749. The molecule has 2 unspecified atom stereocenters.